The Morgan fingerprint density at radius 1 is 1.28 bits per heavy atom. The molecule has 0 radical (unpaired) electrons. The lowest BCUT2D eigenvalue weighted by Gasteiger charge is -2.10. The van der Waals surface area contributed by atoms with Gasteiger partial charge in [-0.25, -0.2) is 4.39 Å². The van der Waals surface area contributed by atoms with Crippen LogP contribution in [0.5, 0.6) is 0 Å². The minimum Gasteiger partial charge on any atom is -0.299 e. The second kappa shape index (κ2) is 5.13. The molecular weight excluding hydrogens is 227 g/mol. The van der Waals surface area contributed by atoms with Gasteiger partial charge in [0.25, 0.3) is 0 Å². The van der Waals surface area contributed by atoms with Crippen LogP contribution in [0.4, 0.5) is 4.39 Å². The zero-order valence-corrected chi connectivity index (χ0v) is 10.4. The van der Waals surface area contributed by atoms with Crippen LogP contribution >= 0.6 is 0 Å². The van der Waals surface area contributed by atoms with Crippen molar-refractivity contribution in [2.45, 2.75) is 19.8 Å². The van der Waals surface area contributed by atoms with E-state index in [1.807, 2.05) is 0 Å². The number of hydrogen-bond donors (Lipinski definition) is 0. The number of carbonyl (C=O) groups is 1. The van der Waals surface area contributed by atoms with Crippen LogP contribution in [0.15, 0.2) is 48.5 Å². The van der Waals surface area contributed by atoms with Crippen molar-refractivity contribution in [2.75, 3.05) is 0 Å². The van der Waals surface area contributed by atoms with Crippen molar-refractivity contribution in [3.63, 3.8) is 0 Å². The number of carbonyl (C=O) groups excluding carboxylic acids is 1. The third-order valence-electron chi connectivity index (χ3n) is 3.13. The van der Waals surface area contributed by atoms with E-state index in [1.165, 1.54) is 13.0 Å². The lowest BCUT2D eigenvalue weighted by Crippen LogP contribution is -2.04. The molecule has 2 heteroatoms. The van der Waals surface area contributed by atoms with E-state index < -0.39 is 0 Å². The van der Waals surface area contributed by atoms with E-state index in [0.29, 0.717) is 17.2 Å². The molecule has 92 valence electrons. The van der Waals surface area contributed by atoms with Gasteiger partial charge in [-0.15, -0.1) is 0 Å². The Labute approximate surface area is 108 Å². The molecule has 0 fully saturated rings. The third kappa shape index (κ3) is 2.48. The smallest absolute Gasteiger partial charge is 0.136 e. The van der Waals surface area contributed by atoms with Crippen LogP contribution in [-0.2, 0) is 4.79 Å². The molecule has 2 rings (SSSR count). The van der Waals surface area contributed by atoms with Gasteiger partial charge in [0.2, 0.25) is 0 Å². The number of halogens is 1. The van der Waals surface area contributed by atoms with Crippen LogP contribution in [0, 0.1) is 5.82 Å². The first-order chi connectivity index (χ1) is 8.99. The second-order valence-electron chi connectivity index (χ2n) is 4.36. The average Bonchev–Trinajstić information content (AvgIpc) is 2.39. The summed E-state index contributed by atoms with van der Waals surface area (Å²) in [5, 5.41) is 0. The molecule has 0 N–H and O–H groups in total. The fourth-order valence-corrected chi connectivity index (χ4v) is 1.84. The Kier molecular flexibility index (Phi) is 3.18. The third-order valence-corrected chi connectivity index (χ3v) is 3.13. The van der Waals surface area contributed by atoms with E-state index >= 15 is 0 Å². The van der Waals surface area contributed by atoms with Crippen LogP contribution in [0.2, 0.25) is 0 Å². The molecule has 1 unspecified atom stereocenters. The van der Waals surface area contributed by atoms with Gasteiger partial charge in [-0.05, 0) is 24.1 Å². The largest absolute Gasteiger partial charge is 0.299 e. The molecule has 0 amide bonds. The molecule has 0 aliphatic heterocycles. The molecule has 1 atom stereocenters. The molecule has 1 nitrogen and oxygen atoms in total. The van der Waals surface area contributed by atoms with Crippen molar-refractivity contribution in [3.05, 3.63) is 59.9 Å². The molecule has 18 heavy (non-hydrogen) atoms. The van der Waals surface area contributed by atoms with Crippen molar-refractivity contribution in [1.29, 1.82) is 0 Å². The van der Waals surface area contributed by atoms with E-state index in [1.54, 1.807) is 43.3 Å². The van der Waals surface area contributed by atoms with E-state index in [4.69, 9.17) is 1.37 Å². The zero-order valence-electron chi connectivity index (χ0n) is 11.4. The molecule has 0 heterocycles. The van der Waals surface area contributed by atoms with Crippen LogP contribution in [-0.4, -0.2) is 5.78 Å². The van der Waals surface area contributed by atoms with Gasteiger partial charge in [0.15, 0.2) is 0 Å². The van der Waals surface area contributed by atoms with Crippen molar-refractivity contribution in [1.82, 2.24) is 0 Å². The highest BCUT2D eigenvalue weighted by molar-refractivity contribution is 5.83. The summed E-state index contributed by atoms with van der Waals surface area (Å²) < 4.78 is 21.5. The maximum absolute atomic E-state index is 14.1. The van der Waals surface area contributed by atoms with Crippen molar-refractivity contribution in [3.8, 4) is 11.1 Å². The number of hydrogen-bond acceptors (Lipinski definition) is 1. The number of rotatable bonds is 3. The summed E-state index contributed by atoms with van der Waals surface area (Å²) in [6, 6.07) is 12.0. The second-order valence-corrected chi connectivity index (χ2v) is 4.36. The van der Waals surface area contributed by atoms with Crippen LogP contribution in [0.3, 0.4) is 0 Å². The van der Waals surface area contributed by atoms with Gasteiger partial charge < -0.3 is 0 Å². The number of ketones is 1. The fourth-order valence-electron chi connectivity index (χ4n) is 1.84. The van der Waals surface area contributed by atoms with Crippen LogP contribution < -0.4 is 0 Å². The van der Waals surface area contributed by atoms with Gasteiger partial charge in [-0.3, -0.25) is 4.79 Å². The fraction of sp³-hybridized carbons (Fsp3) is 0.188. The van der Waals surface area contributed by atoms with Gasteiger partial charge in [0.1, 0.15) is 11.6 Å². The number of Topliss-reactive ketones (excluding diaryl/α,β-unsaturated/α-hetero) is 1. The summed E-state index contributed by atoms with van der Waals surface area (Å²) in [4.78, 5) is 11.3. The molecular formula is C16H15FO. The summed E-state index contributed by atoms with van der Waals surface area (Å²) in [5.74, 6) is -0.617. The SMILES string of the molecule is [3H]c1ccc(-c2ccc(C(C)C(C)=O)cc2F)cc1. The molecule has 0 bridgehead atoms. The summed E-state index contributed by atoms with van der Waals surface area (Å²) in [6.45, 7) is 3.27. The van der Waals surface area contributed by atoms with E-state index in [0.717, 1.165) is 5.56 Å². The molecule has 0 aromatic heterocycles. The highest BCUT2D eigenvalue weighted by Crippen LogP contribution is 2.26. The lowest BCUT2D eigenvalue weighted by molar-refractivity contribution is -0.118. The predicted molar refractivity (Wildman–Crippen MR) is 70.9 cm³/mol. The normalized spacial score (nSPS) is 12.9. The Morgan fingerprint density at radius 3 is 2.50 bits per heavy atom. The van der Waals surface area contributed by atoms with E-state index in [9.17, 15) is 9.18 Å². The van der Waals surface area contributed by atoms with Crippen molar-refractivity contribution in [2.24, 2.45) is 0 Å². The first kappa shape index (κ1) is 11.1. The first-order valence-corrected chi connectivity index (χ1v) is 5.86. The van der Waals surface area contributed by atoms with Crippen LogP contribution in [0.25, 0.3) is 11.1 Å². The van der Waals surface area contributed by atoms with Crippen LogP contribution in [0.1, 0.15) is 26.7 Å². The topological polar surface area (TPSA) is 17.1 Å². The highest BCUT2D eigenvalue weighted by Gasteiger charge is 2.13. The number of benzene rings is 2. The molecule has 0 saturated heterocycles. The van der Waals surface area contributed by atoms with Crippen molar-refractivity contribution >= 4 is 5.78 Å². The predicted octanol–water partition coefficient (Wildman–Crippen LogP) is 4.19. The van der Waals surface area contributed by atoms with Gasteiger partial charge in [-0.1, -0.05) is 49.4 Å². The minimum absolute atomic E-state index is 0.0192. The minimum atomic E-state index is -0.344. The summed E-state index contributed by atoms with van der Waals surface area (Å²) in [6.07, 6.45) is 0. The quantitative estimate of drug-likeness (QED) is 0.791. The first-order valence-electron chi connectivity index (χ1n) is 6.36. The monoisotopic (exact) mass is 244 g/mol. The lowest BCUT2D eigenvalue weighted by atomic mass is 9.95. The van der Waals surface area contributed by atoms with Crippen molar-refractivity contribution < 1.29 is 10.6 Å². The summed E-state index contributed by atoms with van der Waals surface area (Å²) >= 11 is 0. The highest BCUT2D eigenvalue weighted by atomic mass is 19.1. The molecule has 0 aliphatic rings. The maximum atomic E-state index is 14.1. The molecule has 0 spiro atoms. The molecule has 0 aliphatic carbocycles. The molecule has 2 aromatic rings. The molecule has 0 saturated carbocycles. The van der Waals surface area contributed by atoms with E-state index in [-0.39, 0.29) is 17.5 Å². The van der Waals surface area contributed by atoms with Gasteiger partial charge in [0, 0.05) is 11.5 Å². The Bertz CT molecular complexity index is 605. The maximum Gasteiger partial charge on any atom is 0.136 e. The summed E-state index contributed by atoms with van der Waals surface area (Å²) in [5.41, 5.74) is 1.90. The molecule has 2 aromatic carbocycles. The van der Waals surface area contributed by atoms with E-state index in [2.05, 4.69) is 0 Å². The standard InChI is InChI=1S/C16H15FO/c1-11(12(2)18)14-8-9-15(16(17)10-14)13-6-4-3-5-7-13/h3-11H,1-2H3/i3T. The average molecular weight is 244 g/mol. The Balaban J connectivity index is 2.39. The Hall–Kier alpha value is -1.96. The Morgan fingerprint density at radius 2 is 1.94 bits per heavy atom. The summed E-state index contributed by atoms with van der Waals surface area (Å²) in [7, 11) is 0. The van der Waals surface area contributed by atoms with Gasteiger partial charge in [0.05, 0.1) is 1.37 Å². The van der Waals surface area contributed by atoms with Gasteiger partial charge in [-0.2, -0.15) is 0 Å². The zero-order chi connectivity index (χ0) is 14.0. The van der Waals surface area contributed by atoms with Gasteiger partial charge >= 0.3 is 0 Å².